The SMILES string of the molecule is CC(=O)O[C@H]1C2[C@@](C)([C@@H](O)C[C@H]3OC[C@@]23OC(C)=O)[C@@H](O)[C@H](O)C2=C(C)[C@@H](O)C[C@]21C(C)(C)O. The molecule has 1 heterocycles. The Bertz CT molecular complexity index is 923. The molecule has 3 aliphatic carbocycles. The third-order valence-electron chi connectivity index (χ3n) is 9.07. The summed E-state index contributed by atoms with van der Waals surface area (Å²) >= 11 is 0. The van der Waals surface area contributed by atoms with E-state index in [1.165, 1.54) is 27.7 Å². The van der Waals surface area contributed by atoms with Crippen LogP contribution in [0, 0.1) is 16.7 Å². The lowest BCUT2D eigenvalue weighted by Gasteiger charge is -2.65. The van der Waals surface area contributed by atoms with Crippen LogP contribution >= 0.6 is 0 Å². The molecule has 0 amide bonds. The second-order valence-electron chi connectivity index (χ2n) is 11.2. The number of hydrogen-bond acceptors (Lipinski definition) is 10. The maximum atomic E-state index is 12.5. The Hall–Kier alpha value is -1.56. The van der Waals surface area contributed by atoms with Gasteiger partial charge in [-0.05, 0) is 38.3 Å². The minimum atomic E-state index is -1.67. The minimum Gasteiger partial charge on any atom is -0.461 e. The van der Waals surface area contributed by atoms with E-state index in [2.05, 4.69) is 0 Å². The normalized spacial score (nSPS) is 48.1. The van der Waals surface area contributed by atoms with Crippen molar-refractivity contribution in [3.05, 3.63) is 11.1 Å². The van der Waals surface area contributed by atoms with Gasteiger partial charge in [0.15, 0.2) is 5.60 Å². The number of esters is 2. The molecule has 4 aliphatic rings. The zero-order chi connectivity index (χ0) is 25.6. The highest BCUT2D eigenvalue weighted by Gasteiger charge is 2.78. The fourth-order valence-electron chi connectivity index (χ4n) is 7.43. The molecule has 0 aromatic carbocycles. The Morgan fingerprint density at radius 1 is 1.12 bits per heavy atom. The van der Waals surface area contributed by atoms with Crippen LogP contribution in [0.5, 0.6) is 0 Å². The van der Waals surface area contributed by atoms with Crippen molar-refractivity contribution in [2.75, 3.05) is 6.61 Å². The molecule has 2 saturated carbocycles. The first-order chi connectivity index (χ1) is 15.6. The molecule has 0 radical (unpaired) electrons. The molecule has 1 aliphatic heterocycles. The average molecular weight is 485 g/mol. The van der Waals surface area contributed by atoms with Gasteiger partial charge in [0.25, 0.3) is 0 Å². The van der Waals surface area contributed by atoms with Crippen molar-refractivity contribution >= 4 is 11.9 Å². The second-order valence-corrected chi connectivity index (χ2v) is 11.2. The van der Waals surface area contributed by atoms with Gasteiger partial charge in [-0.2, -0.15) is 0 Å². The first kappa shape index (κ1) is 25.5. The molecule has 0 bridgehead atoms. The summed E-state index contributed by atoms with van der Waals surface area (Å²) in [5.41, 5.74) is -5.64. The predicted molar refractivity (Wildman–Crippen MR) is 116 cm³/mol. The van der Waals surface area contributed by atoms with Gasteiger partial charge in [0.1, 0.15) is 18.3 Å². The third kappa shape index (κ3) is 3.02. The second kappa shape index (κ2) is 7.72. The molecular formula is C24H36O10. The van der Waals surface area contributed by atoms with Gasteiger partial charge in [-0.15, -0.1) is 0 Å². The number of carbonyl (C=O) groups is 2. The van der Waals surface area contributed by atoms with E-state index in [1.807, 2.05) is 0 Å². The summed E-state index contributed by atoms with van der Waals surface area (Å²) in [4.78, 5) is 24.8. The van der Waals surface area contributed by atoms with E-state index in [-0.39, 0.29) is 25.0 Å². The van der Waals surface area contributed by atoms with E-state index in [4.69, 9.17) is 14.2 Å². The molecule has 10 heteroatoms. The fraction of sp³-hybridized carbons (Fsp3) is 0.833. The quantitative estimate of drug-likeness (QED) is 0.263. The molecule has 1 unspecified atom stereocenters. The number of aliphatic hydroxyl groups excluding tert-OH is 4. The molecule has 0 spiro atoms. The van der Waals surface area contributed by atoms with Gasteiger partial charge in [-0.1, -0.05) is 6.92 Å². The summed E-state index contributed by atoms with van der Waals surface area (Å²) in [7, 11) is 0. The minimum absolute atomic E-state index is 0.0209. The number of carbonyl (C=O) groups excluding carboxylic acids is 2. The van der Waals surface area contributed by atoms with Crippen LogP contribution in [0.25, 0.3) is 0 Å². The van der Waals surface area contributed by atoms with Crippen LogP contribution in [0.2, 0.25) is 0 Å². The molecule has 34 heavy (non-hydrogen) atoms. The van der Waals surface area contributed by atoms with Crippen LogP contribution in [0.4, 0.5) is 0 Å². The molecule has 10 atom stereocenters. The van der Waals surface area contributed by atoms with Crippen molar-refractivity contribution in [2.45, 2.75) is 102 Å². The number of aliphatic hydroxyl groups is 5. The molecule has 0 aromatic rings. The highest BCUT2D eigenvalue weighted by molar-refractivity contribution is 5.68. The number of hydrogen-bond donors (Lipinski definition) is 5. The molecule has 192 valence electrons. The maximum Gasteiger partial charge on any atom is 0.303 e. The number of ether oxygens (including phenoxy) is 3. The summed E-state index contributed by atoms with van der Waals surface area (Å²) in [5.74, 6) is -2.40. The van der Waals surface area contributed by atoms with Crippen molar-refractivity contribution in [2.24, 2.45) is 16.7 Å². The van der Waals surface area contributed by atoms with Crippen molar-refractivity contribution in [1.29, 1.82) is 0 Å². The van der Waals surface area contributed by atoms with Gasteiger partial charge in [-0.25, -0.2) is 0 Å². The molecule has 1 saturated heterocycles. The van der Waals surface area contributed by atoms with Gasteiger partial charge >= 0.3 is 11.9 Å². The summed E-state index contributed by atoms with van der Waals surface area (Å²) in [6.07, 6.45) is -7.63. The Kier molecular flexibility index (Phi) is 5.79. The van der Waals surface area contributed by atoms with Crippen LogP contribution in [0.3, 0.4) is 0 Å². The monoisotopic (exact) mass is 484 g/mol. The molecule has 5 N–H and O–H groups in total. The smallest absolute Gasteiger partial charge is 0.303 e. The van der Waals surface area contributed by atoms with Gasteiger partial charge in [-0.3, -0.25) is 9.59 Å². The lowest BCUT2D eigenvalue weighted by molar-refractivity contribution is -0.352. The molecule has 4 rings (SSSR count). The van der Waals surface area contributed by atoms with Gasteiger partial charge in [0, 0.05) is 25.7 Å². The van der Waals surface area contributed by atoms with E-state index in [1.54, 1.807) is 13.8 Å². The Morgan fingerprint density at radius 3 is 2.21 bits per heavy atom. The molecule has 3 fully saturated rings. The summed E-state index contributed by atoms with van der Waals surface area (Å²) < 4.78 is 17.5. The van der Waals surface area contributed by atoms with Crippen LogP contribution < -0.4 is 0 Å². The zero-order valence-corrected chi connectivity index (χ0v) is 20.4. The van der Waals surface area contributed by atoms with E-state index >= 15 is 0 Å². The van der Waals surface area contributed by atoms with E-state index in [0.29, 0.717) is 5.57 Å². The lowest BCUT2D eigenvalue weighted by atomic mass is 9.49. The van der Waals surface area contributed by atoms with Crippen molar-refractivity contribution in [3.8, 4) is 0 Å². The van der Waals surface area contributed by atoms with Crippen LogP contribution in [-0.4, -0.2) is 91.9 Å². The van der Waals surface area contributed by atoms with Crippen molar-refractivity contribution < 1.29 is 49.3 Å². The van der Waals surface area contributed by atoms with Crippen molar-refractivity contribution in [1.82, 2.24) is 0 Å². The average Bonchev–Trinajstić information content (AvgIpc) is 2.95. The van der Waals surface area contributed by atoms with Crippen LogP contribution in [0.1, 0.15) is 54.4 Å². The summed E-state index contributed by atoms with van der Waals surface area (Å²) in [5, 5.41) is 56.9. The van der Waals surface area contributed by atoms with E-state index in [0.717, 1.165) is 0 Å². The number of fused-ring (bicyclic) bond motifs is 4. The first-order valence-corrected chi connectivity index (χ1v) is 11.7. The molecule has 10 nitrogen and oxygen atoms in total. The first-order valence-electron chi connectivity index (χ1n) is 11.7. The summed E-state index contributed by atoms with van der Waals surface area (Å²) in [6, 6.07) is 0. The highest BCUT2D eigenvalue weighted by atomic mass is 16.6. The fourth-order valence-corrected chi connectivity index (χ4v) is 7.43. The lowest BCUT2D eigenvalue weighted by Crippen LogP contribution is -2.78. The van der Waals surface area contributed by atoms with E-state index < -0.39 is 76.5 Å². The van der Waals surface area contributed by atoms with Crippen molar-refractivity contribution in [3.63, 3.8) is 0 Å². The zero-order valence-electron chi connectivity index (χ0n) is 20.4. The Balaban J connectivity index is 2.10. The largest absolute Gasteiger partial charge is 0.461 e. The number of rotatable bonds is 3. The van der Waals surface area contributed by atoms with Crippen LogP contribution in [0.15, 0.2) is 11.1 Å². The highest BCUT2D eigenvalue weighted by Crippen LogP contribution is 2.67. The summed E-state index contributed by atoms with van der Waals surface area (Å²) in [6.45, 7) is 8.49. The third-order valence-corrected chi connectivity index (χ3v) is 9.07. The van der Waals surface area contributed by atoms with E-state index in [9.17, 15) is 35.1 Å². The standard InChI is InChI=1S/C24H36O10/c1-10-13(27)8-23(21(4,5)31)16(10)17(29)19(30)22(6)14(28)7-15-24(9-32-15,34-12(3)26)18(22)20(23)33-11(2)25/h13-15,17-20,27-31H,7-9H2,1-6H3/t13-,14-,15+,17+,18?,19-,20-,22+,23-,24-/m0/s1. The molecular weight excluding hydrogens is 448 g/mol. The van der Waals surface area contributed by atoms with Gasteiger partial charge in [0.2, 0.25) is 0 Å². The van der Waals surface area contributed by atoms with Gasteiger partial charge in [0.05, 0.1) is 41.9 Å². The Morgan fingerprint density at radius 2 is 1.74 bits per heavy atom. The topological polar surface area (TPSA) is 163 Å². The Labute approximate surface area is 198 Å². The maximum absolute atomic E-state index is 12.5. The van der Waals surface area contributed by atoms with Gasteiger partial charge < -0.3 is 39.7 Å². The molecule has 0 aromatic heterocycles. The van der Waals surface area contributed by atoms with Crippen LogP contribution in [-0.2, 0) is 23.8 Å². The predicted octanol–water partition coefficient (Wildman–Crippen LogP) is -0.420.